The van der Waals surface area contributed by atoms with E-state index in [2.05, 4.69) is 15.3 Å². The third kappa shape index (κ3) is 3.42. The van der Waals surface area contributed by atoms with Gasteiger partial charge in [-0.2, -0.15) is 0 Å². The van der Waals surface area contributed by atoms with Gasteiger partial charge in [0.1, 0.15) is 5.82 Å². The molecule has 0 unspecified atom stereocenters. The van der Waals surface area contributed by atoms with Gasteiger partial charge in [-0.15, -0.1) is 11.3 Å². The van der Waals surface area contributed by atoms with Crippen LogP contribution in [0.15, 0.2) is 26.9 Å². The highest BCUT2D eigenvalue weighted by molar-refractivity contribution is 8.01. The Hall–Kier alpha value is -1.67. The van der Waals surface area contributed by atoms with Crippen LogP contribution in [0.25, 0.3) is 0 Å². The molecule has 0 amide bonds. The van der Waals surface area contributed by atoms with E-state index in [9.17, 15) is 10.1 Å². The second-order valence-corrected chi connectivity index (χ2v) is 5.76. The van der Waals surface area contributed by atoms with E-state index in [0.717, 1.165) is 10.0 Å². The Labute approximate surface area is 118 Å². The normalized spacial score (nSPS) is 10.4. The van der Waals surface area contributed by atoms with Crippen molar-refractivity contribution in [1.29, 1.82) is 0 Å². The average Bonchev–Trinajstić information content (AvgIpc) is 2.75. The Balaban J connectivity index is 2.34. The lowest BCUT2D eigenvalue weighted by Crippen LogP contribution is -2.01. The van der Waals surface area contributed by atoms with Crippen molar-refractivity contribution < 1.29 is 4.92 Å². The van der Waals surface area contributed by atoms with E-state index >= 15 is 0 Å². The van der Waals surface area contributed by atoms with Gasteiger partial charge in [-0.25, -0.2) is 9.97 Å². The van der Waals surface area contributed by atoms with Gasteiger partial charge in [-0.3, -0.25) is 10.1 Å². The van der Waals surface area contributed by atoms with Crippen LogP contribution in [-0.2, 0) is 0 Å². The lowest BCUT2D eigenvalue weighted by atomic mass is 10.4. The van der Waals surface area contributed by atoms with Crippen molar-refractivity contribution in [2.45, 2.75) is 23.2 Å². The molecule has 8 heteroatoms. The SMILES string of the molecule is CCNc1ccc([N+](=O)[O-])c(Sc2nc(C)cs2)n1. The van der Waals surface area contributed by atoms with Crippen LogP contribution in [0.2, 0.25) is 0 Å². The molecule has 19 heavy (non-hydrogen) atoms. The molecule has 2 aromatic rings. The number of nitro groups is 1. The van der Waals surface area contributed by atoms with Crippen molar-refractivity contribution in [2.75, 3.05) is 11.9 Å². The number of rotatable bonds is 5. The smallest absolute Gasteiger partial charge is 0.301 e. The van der Waals surface area contributed by atoms with Crippen molar-refractivity contribution in [3.05, 3.63) is 33.3 Å². The first-order valence-electron chi connectivity index (χ1n) is 5.59. The van der Waals surface area contributed by atoms with Crippen LogP contribution in [0.5, 0.6) is 0 Å². The molecule has 0 aliphatic heterocycles. The molecule has 0 bridgehead atoms. The quantitative estimate of drug-likeness (QED) is 0.673. The minimum atomic E-state index is -0.425. The predicted octanol–water partition coefficient (Wildman–Crippen LogP) is 3.34. The lowest BCUT2D eigenvalue weighted by Gasteiger charge is -2.04. The summed E-state index contributed by atoms with van der Waals surface area (Å²) in [6.07, 6.45) is 0. The second-order valence-electron chi connectivity index (χ2n) is 3.67. The molecule has 2 rings (SSSR count). The molecule has 0 aliphatic rings. The first-order valence-corrected chi connectivity index (χ1v) is 7.29. The zero-order valence-electron chi connectivity index (χ0n) is 10.4. The molecule has 0 aromatic carbocycles. The van der Waals surface area contributed by atoms with Crippen LogP contribution in [0, 0.1) is 17.0 Å². The highest BCUT2D eigenvalue weighted by Crippen LogP contribution is 2.35. The van der Waals surface area contributed by atoms with E-state index in [1.165, 1.54) is 29.2 Å². The maximum Gasteiger partial charge on any atom is 0.301 e. The number of hydrogen-bond acceptors (Lipinski definition) is 7. The van der Waals surface area contributed by atoms with Crippen LogP contribution >= 0.6 is 23.1 Å². The van der Waals surface area contributed by atoms with E-state index in [1.807, 2.05) is 19.2 Å². The summed E-state index contributed by atoms with van der Waals surface area (Å²) >= 11 is 2.67. The van der Waals surface area contributed by atoms with E-state index in [-0.39, 0.29) is 5.69 Å². The van der Waals surface area contributed by atoms with E-state index in [1.54, 1.807) is 6.07 Å². The Kier molecular flexibility index (Phi) is 4.33. The number of thiazole rings is 1. The van der Waals surface area contributed by atoms with Crippen LogP contribution < -0.4 is 5.32 Å². The maximum atomic E-state index is 11.0. The predicted molar refractivity (Wildman–Crippen MR) is 76.0 cm³/mol. The molecular formula is C11H12N4O2S2. The molecule has 100 valence electrons. The van der Waals surface area contributed by atoms with Gasteiger partial charge in [-0.1, -0.05) is 0 Å². The minimum absolute atomic E-state index is 0.000457. The van der Waals surface area contributed by atoms with Gasteiger partial charge >= 0.3 is 5.69 Å². The first kappa shape index (κ1) is 13.8. The molecule has 0 atom stereocenters. The Morgan fingerprint density at radius 2 is 2.26 bits per heavy atom. The number of aromatic nitrogens is 2. The summed E-state index contributed by atoms with van der Waals surface area (Å²) in [5.74, 6) is 0.629. The summed E-state index contributed by atoms with van der Waals surface area (Å²) in [5.41, 5.74) is 0.900. The van der Waals surface area contributed by atoms with E-state index in [0.29, 0.717) is 17.4 Å². The highest BCUT2D eigenvalue weighted by Gasteiger charge is 2.18. The third-order valence-corrected chi connectivity index (χ3v) is 4.23. The van der Waals surface area contributed by atoms with Crippen LogP contribution in [0.3, 0.4) is 0 Å². The molecule has 0 saturated heterocycles. The standard InChI is InChI=1S/C11H12N4O2S2/c1-3-12-9-5-4-8(15(16)17)10(14-9)19-11-13-7(2)6-18-11/h4-6H,3H2,1-2H3,(H,12,14). The summed E-state index contributed by atoms with van der Waals surface area (Å²) in [5, 5.41) is 16.3. The summed E-state index contributed by atoms with van der Waals surface area (Å²) in [6, 6.07) is 3.08. The fourth-order valence-corrected chi connectivity index (χ4v) is 3.23. The van der Waals surface area contributed by atoms with Gasteiger partial charge in [0.05, 0.1) is 4.92 Å². The number of aryl methyl sites for hydroxylation is 1. The average molecular weight is 296 g/mol. The molecule has 1 N–H and O–H groups in total. The number of hydrogen-bond donors (Lipinski definition) is 1. The van der Waals surface area contributed by atoms with Gasteiger partial charge in [0, 0.05) is 23.7 Å². The van der Waals surface area contributed by atoms with Gasteiger partial charge in [0.25, 0.3) is 0 Å². The maximum absolute atomic E-state index is 11.0. The van der Waals surface area contributed by atoms with E-state index in [4.69, 9.17) is 0 Å². The van der Waals surface area contributed by atoms with Crippen molar-refractivity contribution in [2.24, 2.45) is 0 Å². The largest absolute Gasteiger partial charge is 0.370 e. The highest BCUT2D eigenvalue weighted by atomic mass is 32.2. The van der Waals surface area contributed by atoms with Crippen molar-refractivity contribution in [1.82, 2.24) is 9.97 Å². The molecule has 0 saturated carbocycles. The first-order chi connectivity index (χ1) is 9.10. The zero-order valence-corrected chi connectivity index (χ0v) is 12.0. The molecule has 6 nitrogen and oxygen atoms in total. The van der Waals surface area contributed by atoms with Crippen molar-refractivity contribution in [3.8, 4) is 0 Å². The van der Waals surface area contributed by atoms with Crippen molar-refractivity contribution >= 4 is 34.6 Å². The van der Waals surface area contributed by atoms with Gasteiger partial charge in [-0.05, 0) is 31.7 Å². The lowest BCUT2D eigenvalue weighted by molar-refractivity contribution is -0.388. The van der Waals surface area contributed by atoms with Crippen molar-refractivity contribution in [3.63, 3.8) is 0 Å². The Bertz CT molecular complexity index is 600. The monoisotopic (exact) mass is 296 g/mol. The van der Waals surface area contributed by atoms with Gasteiger partial charge in [0.2, 0.25) is 0 Å². The van der Waals surface area contributed by atoms with E-state index < -0.39 is 4.92 Å². The summed E-state index contributed by atoms with van der Waals surface area (Å²) < 4.78 is 0.752. The molecular weight excluding hydrogens is 284 g/mol. The number of nitrogens with one attached hydrogen (secondary N) is 1. The van der Waals surface area contributed by atoms with Crippen LogP contribution in [0.4, 0.5) is 11.5 Å². The molecule has 0 radical (unpaired) electrons. The van der Waals surface area contributed by atoms with Crippen LogP contribution in [0.1, 0.15) is 12.6 Å². The molecule has 2 heterocycles. The summed E-state index contributed by atoms with van der Waals surface area (Å²) in [6.45, 7) is 4.54. The summed E-state index contributed by atoms with van der Waals surface area (Å²) in [4.78, 5) is 19.1. The molecule has 0 aliphatic carbocycles. The zero-order chi connectivity index (χ0) is 13.8. The Morgan fingerprint density at radius 3 is 2.84 bits per heavy atom. The number of pyridine rings is 1. The molecule has 2 aromatic heterocycles. The number of nitrogens with zero attached hydrogens (tertiary/aromatic N) is 3. The second kappa shape index (κ2) is 5.98. The fraction of sp³-hybridized carbons (Fsp3) is 0.273. The summed E-state index contributed by atoms with van der Waals surface area (Å²) in [7, 11) is 0. The minimum Gasteiger partial charge on any atom is -0.370 e. The fourth-order valence-electron chi connectivity index (χ4n) is 1.39. The Morgan fingerprint density at radius 1 is 1.47 bits per heavy atom. The van der Waals surface area contributed by atoms with Gasteiger partial charge in [0.15, 0.2) is 9.37 Å². The molecule has 0 fully saturated rings. The molecule has 0 spiro atoms. The third-order valence-electron chi connectivity index (χ3n) is 2.18. The van der Waals surface area contributed by atoms with Crippen LogP contribution in [-0.4, -0.2) is 21.4 Å². The number of anilines is 1. The van der Waals surface area contributed by atoms with Gasteiger partial charge < -0.3 is 5.32 Å². The topological polar surface area (TPSA) is 81.0 Å².